The van der Waals surface area contributed by atoms with Gasteiger partial charge in [-0.15, -0.1) is 0 Å². The third kappa shape index (κ3) is 3.47. The fourth-order valence-corrected chi connectivity index (χ4v) is 3.37. The molecular formula is C14H24N2O2. The van der Waals surface area contributed by atoms with Crippen LogP contribution in [0.5, 0.6) is 0 Å². The molecule has 0 aromatic rings. The molecule has 2 aliphatic rings. The van der Waals surface area contributed by atoms with Crippen molar-refractivity contribution in [3.63, 3.8) is 0 Å². The largest absolute Gasteiger partial charge is 0.452 e. The van der Waals surface area contributed by atoms with Crippen molar-refractivity contribution in [1.82, 2.24) is 5.43 Å². The number of carbonyl (C=O) groups is 1. The van der Waals surface area contributed by atoms with Crippen molar-refractivity contribution < 1.29 is 9.53 Å². The van der Waals surface area contributed by atoms with Crippen LogP contribution in [0.25, 0.3) is 0 Å². The lowest BCUT2D eigenvalue weighted by molar-refractivity contribution is 0.171. The first kappa shape index (κ1) is 13.4. The Labute approximate surface area is 109 Å². The van der Waals surface area contributed by atoms with E-state index in [1.165, 1.54) is 64.2 Å². The fraction of sp³-hybridized carbons (Fsp3) is 0.857. The number of amides is 1. The van der Waals surface area contributed by atoms with Gasteiger partial charge in [-0.25, -0.2) is 10.2 Å². The average molecular weight is 252 g/mol. The van der Waals surface area contributed by atoms with Crippen molar-refractivity contribution in [3.05, 3.63) is 0 Å². The second-order valence-corrected chi connectivity index (χ2v) is 5.46. The molecule has 0 bridgehead atoms. The highest BCUT2D eigenvalue weighted by Gasteiger charge is 2.29. The monoisotopic (exact) mass is 252 g/mol. The second-order valence-electron chi connectivity index (χ2n) is 5.46. The van der Waals surface area contributed by atoms with Gasteiger partial charge >= 0.3 is 6.09 Å². The molecule has 2 aliphatic carbocycles. The van der Waals surface area contributed by atoms with Crippen molar-refractivity contribution in [2.45, 2.75) is 57.8 Å². The molecule has 1 N–H and O–H groups in total. The zero-order chi connectivity index (χ0) is 12.8. The highest BCUT2D eigenvalue weighted by atomic mass is 16.5. The first-order valence-electron chi connectivity index (χ1n) is 7.21. The summed E-state index contributed by atoms with van der Waals surface area (Å²) in [5.74, 6) is 1.38. The summed E-state index contributed by atoms with van der Waals surface area (Å²) in [6.45, 7) is 0. The number of nitrogens with one attached hydrogen (secondary N) is 1. The van der Waals surface area contributed by atoms with Gasteiger partial charge < -0.3 is 4.74 Å². The Kier molecular flexibility index (Phi) is 5.02. The SMILES string of the molecule is COC(=O)NN=C1CCCCC1C1CCCCC1. The van der Waals surface area contributed by atoms with Gasteiger partial charge in [0.15, 0.2) is 0 Å². The first-order chi connectivity index (χ1) is 8.81. The summed E-state index contributed by atoms with van der Waals surface area (Å²) >= 11 is 0. The van der Waals surface area contributed by atoms with Gasteiger partial charge in [0.1, 0.15) is 0 Å². The maximum atomic E-state index is 11.1. The van der Waals surface area contributed by atoms with Gasteiger partial charge in [-0.1, -0.05) is 25.7 Å². The smallest absolute Gasteiger partial charge is 0.427 e. The van der Waals surface area contributed by atoms with E-state index in [1.807, 2.05) is 0 Å². The number of methoxy groups -OCH3 is 1. The fourth-order valence-electron chi connectivity index (χ4n) is 3.37. The van der Waals surface area contributed by atoms with Gasteiger partial charge in [0, 0.05) is 11.6 Å². The minimum absolute atomic E-state index is 0.463. The van der Waals surface area contributed by atoms with Crippen LogP contribution in [0.4, 0.5) is 4.79 Å². The first-order valence-corrected chi connectivity index (χ1v) is 7.21. The standard InChI is InChI=1S/C14H24N2O2/c1-18-14(17)16-15-13-10-6-5-9-12(13)11-7-3-2-4-8-11/h11-12H,2-10H2,1H3,(H,16,17). The zero-order valence-corrected chi connectivity index (χ0v) is 11.3. The molecule has 1 atom stereocenters. The molecule has 102 valence electrons. The van der Waals surface area contributed by atoms with E-state index in [-0.39, 0.29) is 0 Å². The molecule has 0 aromatic heterocycles. The molecule has 0 spiro atoms. The molecular weight excluding hydrogens is 228 g/mol. The zero-order valence-electron chi connectivity index (χ0n) is 11.3. The summed E-state index contributed by atoms with van der Waals surface area (Å²) in [5.41, 5.74) is 3.69. The van der Waals surface area contributed by atoms with Gasteiger partial charge in [0.2, 0.25) is 0 Å². The second kappa shape index (κ2) is 6.76. The molecule has 18 heavy (non-hydrogen) atoms. The van der Waals surface area contributed by atoms with Crippen LogP contribution in [0, 0.1) is 11.8 Å². The van der Waals surface area contributed by atoms with E-state index < -0.39 is 6.09 Å². The molecule has 2 fully saturated rings. The van der Waals surface area contributed by atoms with E-state index in [0.29, 0.717) is 5.92 Å². The van der Waals surface area contributed by atoms with Crippen LogP contribution in [-0.4, -0.2) is 18.9 Å². The van der Waals surface area contributed by atoms with Crippen LogP contribution in [0.2, 0.25) is 0 Å². The minimum atomic E-state index is -0.463. The molecule has 2 rings (SSSR count). The maximum absolute atomic E-state index is 11.1. The highest BCUT2D eigenvalue weighted by Crippen LogP contribution is 2.36. The quantitative estimate of drug-likeness (QED) is 0.765. The van der Waals surface area contributed by atoms with E-state index in [9.17, 15) is 4.79 Å². The summed E-state index contributed by atoms with van der Waals surface area (Å²) in [7, 11) is 1.37. The Bertz CT molecular complexity index is 309. The Morgan fingerprint density at radius 3 is 2.61 bits per heavy atom. The van der Waals surface area contributed by atoms with E-state index in [2.05, 4.69) is 15.3 Å². The van der Waals surface area contributed by atoms with Crippen LogP contribution in [0.1, 0.15) is 57.8 Å². The summed E-state index contributed by atoms with van der Waals surface area (Å²) in [5, 5.41) is 4.30. The molecule has 0 saturated heterocycles. The summed E-state index contributed by atoms with van der Waals surface area (Å²) < 4.78 is 4.56. The number of ether oxygens (including phenoxy) is 1. The number of nitrogens with zero attached hydrogens (tertiary/aromatic N) is 1. The van der Waals surface area contributed by atoms with Gasteiger partial charge in [0.05, 0.1) is 7.11 Å². The third-order valence-electron chi connectivity index (χ3n) is 4.32. The molecule has 0 radical (unpaired) electrons. The summed E-state index contributed by atoms with van der Waals surface area (Å²) in [6, 6.07) is 0. The Morgan fingerprint density at radius 2 is 1.89 bits per heavy atom. The van der Waals surface area contributed by atoms with Gasteiger partial charge in [-0.2, -0.15) is 5.10 Å². The predicted octanol–water partition coefficient (Wildman–Crippen LogP) is 3.47. The summed E-state index contributed by atoms with van der Waals surface area (Å²) in [4.78, 5) is 11.1. The number of hydrogen-bond acceptors (Lipinski definition) is 3. The van der Waals surface area contributed by atoms with Crippen LogP contribution < -0.4 is 5.43 Å². The van der Waals surface area contributed by atoms with E-state index >= 15 is 0 Å². The molecule has 4 nitrogen and oxygen atoms in total. The van der Waals surface area contributed by atoms with Gasteiger partial charge in [-0.3, -0.25) is 0 Å². The minimum Gasteiger partial charge on any atom is -0.452 e. The van der Waals surface area contributed by atoms with Crippen molar-refractivity contribution in [2.24, 2.45) is 16.9 Å². The van der Waals surface area contributed by atoms with Crippen LogP contribution in [0.15, 0.2) is 5.10 Å². The normalized spacial score (nSPS) is 28.1. The molecule has 1 unspecified atom stereocenters. The van der Waals surface area contributed by atoms with Crippen LogP contribution in [-0.2, 0) is 4.74 Å². The lowest BCUT2D eigenvalue weighted by Gasteiger charge is -2.33. The van der Waals surface area contributed by atoms with Crippen LogP contribution >= 0.6 is 0 Å². The number of rotatable bonds is 2. The number of hydrazone groups is 1. The molecule has 0 heterocycles. The Morgan fingerprint density at radius 1 is 1.17 bits per heavy atom. The summed E-state index contributed by atoms with van der Waals surface area (Å²) in [6.07, 6.45) is 11.1. The van der Waals surface area contributed by atoms with Crippen molar-refractivity contribution in [1.29, 1.82) is 0 Å². The van der Waals surface area contributed by atoms with Crippen LogP contribution in [0.3, 0.4) is 0 Å². The predicted molar refractivity (Wildman–Crippen MR) is 71.5 cm³/mol. The lowest BCUT2D eigenvalue weighted by Crippen LogP contribution is -2.31. The van der Waals surface area contributed by atoms with Crippen molar-refractivity contribution in [3.8, 4) is 0 Å². The topological polar surface area (TPSA) is 50.7 Å². The average Bonchev–Trinajstić information content (AvgIpc) is 2.46. The highest BCUT2D eigenvalue weighted by molar-refractivity contribution is 5.88. The van der Waals surface area contributed by atoms with Gasteiger partial charge in [0.25, 0.3) is 0 Å². The molecule has 1 amide bonds. The van der Waals surface area contributed by atoms with E-state index in [4.69, 9.17) is 0 Å². The molecule has 0 aliphatic heterocycles. The lowest BCUT2D eigenvalue weighted by atomic mass is 9.72. The molecule has 2 saturated carbocycles. The van der Waals surface area contributed by atoms with Gasteiger partial charge in [-0.05, 0) is 38.0 Å². The third-order valence-corrected chi connectivity index (χ3v) is 4.32. The van der Waals surface area contributed by atoms with Crippen molar-refractivity contribution >= 4 is 11.8 Å². The van der Waals surface area contributed by atoms with E-state index in [1.54, 1.807) is 0 Å². The molecule has 4 heteroatoms. The number of carbonyl (C=O) groups excluding carboxylic acids is 1. The molecule has 0 aromatic carbocycles. The van der Waals surface area contributed by atoms with Crippen molar-refractivity contribution in [2.75, 3.05) is 7.11 Å². The van der Waals surface area contributed by atoms with E-state index in [0.717, 1.165) is 12.3 Å². The number of hydrogen-bond donors (Lipinski definition) is 1. The Hall–Kier alpha value is -1.06. The maximum Gasteiger partial charge on any atom is 0.427 e. The Balaban J connectivity index is 1.98.